The molecule has 0 saturated heterocycles. The molecular weight excluding hydrogens is 794 g/mol. The van der Waals surface area contributed by atoms with Crippen molar-refractivity contribution in [2.45, 2.75) is 126 Å². The third kappa shape index (κ3) is 7.58. The molecule has 0 saturated carbocycles. The lowest BCUT2D eigenvalue weighted by Gasteiger charge is -2.44. The summed E-state index contributed by atoms with van der Waals surface area (Å²) in [4.78, 5) is 8.96. The number of hydrogen-bond acceptors (Lipinski definition) is 4. The van der Waals surface area contributed by atoms with Gasteiger partial charge in [-0.25, -0.2) is 0 Å². The van der Waals surface area contributed by atoms with Crippen molar-refractivity contribution in [3.8, 4) is 0 Å². The molecule has 0 spiro atoms. The molecule has 0 unspecified atom stereocenters. The van der Waals surface area contributed by atoms with Crippen molar-refractivity contribution >= 4 is 84.9 Å². The van der Waals surface area contributed by atoms with Crippen molar-refractivity contribution in [1.82, 2.24) is 0 Å². The molecule has 6 aromatic carbocycles. The fraction of sp³-hybridized carbons (Fsp3) is 0.322. The molecule has 5 heteroatoms. The first-order valence-corrected chi connectivity index (χ1v) is 24.0. The highest BCUT2D eigenvalue weighted by Gasteiger charge is 2.45. The normalized spacial score (nSPS) is 13.8. The maximum absolute atomic E-state index is 2.58. The summed E-state index contributed by atoms with van der Waals surface area (Å²) in [7, 11) is 0. The van der Waals surface area contributed by atoms with Gasteiger partial charge in [-0.15, -0.1) is 0 Å². The average molecular weight is 860 g/mol. The zero-order valence-corrected chi connectivity index (χ0v) is 41.8. The minimum atomic E-state index is 0.0407. The number of hydrogen-bond donors (Lipinski definition) is 0. The fourth-order valence-corrected chi connectivity index (χ4v) is 11.0. The van der Waals surface area contributed by atoms with Crippen molar-refractivity contribution in [1.29, 1.82) is 0 Å². The van der Waals surface area contributed by atoms with E-state index in [1.807, 2.05) is 11.3 Å². The topological polar surface area (TPSA) is 9.72 Å². The minimum absolute atomic E-state index is 0.0407. The Morgan fingerprint density at radius 1 is 0.438 bits per heavy atom. The van der Waals surface area contributed by atoms with E-state index in [4.69, 9.17) is 0 Å². The van der Waals surface area contributed by atoms with Gasteiger partial charge in [0, 0.05) is 55.2 Å². The summed E-state index contributed by atoms with van der Waals surface area (Å²) in [5.74, 6) is 0. The van der Waals surface area contributed by atoms with Gasteiger partial charge in [0.2, 0.25) is 0 Å². The predicted octanol–water partition coefficient (Wildman–Crippen LogP) is 15.4. The molecule has 7 aromatic rings. The smallest absolute Gasteiger partial charge is 0.264 e. The van der Waals surface area contributed by atoms with Gasteiger partial charge in [0.15, 0.2) is 0 Å². The van der Waals surface area contributed by atoms with E-state index in [1.54, 1.807) is 0 Å². The minimum Gasteiger partial charge on any atom is -0.311 e. The van der Waals surface area contributed by atoms with Gasteiger partial charge < -0.3 is 14.7 Å². The molecule has 0 N–H and O–H groups in total. The lowest BCUT2D eigenvalue weighted by Crippen LogP contribution is -2.60. The Morgan fingerprint density at radius 2 is 0.828 bits per heavy atom. The SMILES string of the molecule is Cc1cc2c3c(c1)N(c1ccc(C(C)(C)C)cc1)c1c(sc(C)c1C)B3c1ccc(N(c3ccc(C(C)(C)C)cc3)c3ccc(C(C)(C)C)cc3)cc1N2c1ccc(C(C)(C)C)cc1. The van der Waals surface area contributed by atoms with E-state index in [1.165, 1.54) is 88.1 Å². The summed E-state index contributed by atoms with van der Waals surface area (Å²) in [6, 6.07) is 49.3. The van der Waals surface area contributed by atoms with Gasteiger partial charge >= 0.3 is 0 Å². The molecule has 2 aliphatic rings. The molecule has 0 bridgehead atoms. The Kier molecular flexibility index (Phi) is 10.5. The Labute approximate surface area is 388 Å². The molecular formula is C59H66BN3S. The van der Waals surface area contributed by atoms with Crippen LogP contribution in [0, 0.1) is 20.8 Å². The number of fused-ring (bicyclic) bond motifs is 4. The number of thiophene rings is 1. The summed E-state index contributed by atoms with van der Waals surface area (Å²) in [6.45, 7) is 34.5. The van der Waals surface area contributed by atoms with Crippen molar-refractivity contribution < 1.29 is 0 Å². The standard InChI is InChI=1S/C59H66BN3S/c1-37-34-51-53-52(35-37)63(47-30-22-43(23-31-47)59(13,14)15)54-38(2)39(3)64-55(54)60(53)49-33-32-48(36-50(49)62(51)46-28-20-42(21-29-46)58(10,11)12)61(44-24-16-40(17-25-44)56(4,5)6)45-26-18-41(19-27-45)57(7,8)9/h16-36H,1-15H3. The zero-order valence-electron chi connectivity index (χ0n) is 41.0. The summed E-state index contributed by atoms with van der Waals surface area (Å²) in [5, 5.41) is 0. The Hall–Kier alpha value is -5.52. The van der Waals surface area contributed by atoms with Crippen LogP contribution in [0.3, 0.4) is 0 Å². The van der Waals surface area contributed by atoms with E-state index >= 15 is 0 Å². The molecule has 3 nitrogen and oxygen atoms in total. The average Bonchev–Trinajstić information content (AvgIpc) is 3.52. The molecule has 326 valence electrons. The largest absolute Gasteiger partial charge is 0.311 e. The zero-order chi connectivity index (χ0) is 45.8. The van der Waals surface area contributed by atoms with Crippen LogP contribution in [0.15, 0.2) is 127 Å². The molecule has 0 fully saturated rings. The van der Waals surface area contributed by atoms with Crippen LogP contribution in [-0.4, -0.2) is 6.71 Å². The quantitative estimate of drug-likeness (QED) is 0.160. The van der Waals surface area contributed by atoms with Crippen LogP contribution >= 0.6 is 11.3 Å². The third-order valence-electron chi connectivity index (χ3n) is 13.7. The first-order valence-electron chi connectivity index (χ1n) is 23.2. The predicted molar refractivity (Wildman–Crippen MR) is 282 cm³/mol. The number of anilines is 9. The number of nitrogens with zero attached hydrogens (tertiary/aromatic N) is 3. The molecule has 9 rings (SSSR count). The molecule has 1 aromatic heterocycles. The van der Waals surface area contributed by atoms with Crippen molar-refractivity contribution in [2.24, 2.45) is 0 Å². The third-order valence-corrected chi connectivity index (χ3v) is 15.0. The van der Waals surface area contributed by atoms with E-state index in [9.17, 15) is 0 Å². The highest BCUT2D eigenvalue weighted by Crippen LogP contribution is 2.49. The van der Waals surface area contributed by atoms with E-state index in [2.05, 4.69) is 246 Å². The lowest BCUT2D eigenvalue weighted by atomic mass is 9.36. The van der Waals surface area contributed by atoms with Crippen LogP contribution in [0.4, 0.5) is 51.2 Å². The van der Waals surface area contributed by atoms with Gasteiger partial charge in [-0.05, 0) is 160 Å². The van der Waals surface area contributed by atoms with Crippen LogP contribution in [0.1, 0.15) is 121 Å². The van der Waals surface area contributed by atoms with Crippen molar-refractivity contribution in [3.05, 3.63) is 166 Å². The number of benzene rings is 6. The second-order valence-corrected chi connectivity index (χ2v) is 23.8. The lowest BCUT2D eigenvalue weighted by molar-refractivity contribution is 0.590. The van der Waals surface area contributed by atoms with Crippen LogP contribution in [0.2, 0.25) is 0 Å². The van der Waals surface area contributed by atoms with Crippen LogP contribution in [0.5, 0.6) is 0 Å². The fourth-order valence-electron chi connectivity index (χ4n) is 9.76. The van der Waals surface area contributed by atoms with Gasteiger partial charge in [-0.3, -0.25) is 0 Å². The maximum atomic E-state index is 2.58. The second kappa shape index (κ2) is 15.3. The van der Waals surface area contributed by atoms with Gasteiger partial charge in [0.05, 0.1) is 5.69 Å². The van der Waals surface area contributed by atoms with E-state index in [-0.39, 0.29) is 28.4 Å². The second-order valence-electron chi connectivity index (χ2n) is 22.6. The molecule has 0 radical (unpaired) electrons. The number of aryl methyl sites for hydroxylation is 2. The van der Waals surface area contributed by atoms with E-state index < -0.39 is 0 Å². The highest BCUT2D eigenvalue weighted by atomic mass is 32.1. The summed E-state index contributed by atoms with van der Waals surface area (Å²) in [5.41, 5.74) is 21.7. The first-order chi connectivity index (χ1) is 30.0. The van der Waals surface area contributed by atoms with Gasteiger partial charge in [0.25, 0.3) is 6.71 Å². The van der Waals surface area contributed by atoms with E-state index in [0.717, 1.165) is 17.1 Å². The van der Waals surface area contributed by atoms with Crippen molar-refractivity contribution in [2.75, 3.05) is 14.7 Å². The maximum Gasteiger partial charge on any atom is 0.264 e. The molecule has 0 atom stereocenters. The summed E-state index contributed by atoms with van der Waals surface area (Å²) >= 11 is 1.97. The van der Waals surface area contributed by atoms with E-state index in [0.29, 0.717) is 0 Å². The molecule has 0 aliphatic carbocycles. The Bertz CT molecular complexity index is 2820. The first kappa shape index (κ1) is 43.7. The highest BCUT2D eigenvalue weighted by molar-refractivity contribution is 7.29. The number of rotatable bonds is 5. The van der Waals surface area contributed by atoms with Crippen LogP contribution in [0.25, 0.3) is 0 Å². The summed E-state index contributed by atoms with van der Waals surface area (Å²) < 4.78 is 1.41. The van der Waals surface area contributed by atoms with Gasteiger partial charge in [-0.2, -0.15) is 11.3 Å². The Morgan fingerprint density at radius 3 is 1.27 bits per heavy atom. The van der Waals surface area contributed by atoms with Gasteiger partial charge in [0.1, 0.15) is 0 Å². The molecule has 0 amide bonds. The molecule has 64 heavy (non-hydrogen) atoms. The molecule has 2 aliphatic heterocycles. The monoisotopic (exact) mass is 860 g/mol. The van der Waals surface area contributed by atoms with Crippen molar-refractivity contribution in [3.63, 3.8) is 0 Å². The summed E-state index contributed by atoms with van der Waals surface area (Å²) in [6.07, 6.45) is 0. The Balaban J connectivity index is 1.30. The van der Waals surface area contributed by atoms with Crippen LogP contribution in [-0.2, 0) is 21.7 Å². The van der Waals surface area contributed by atoms with Gasteiger partial charge in [-0.1, -0.05) is 138 Å². The van der Waals surface area contributed by atoms with Crippen LogP contribution < -0.4 is 30.4 Å². The molecule has 3 heterocycles.